The molecular formula is C13H22N2. The second-order valence-corrected chi connectivity index (χ2v) is 4.71. The van der Waals surface area contributed by atoms with Gasteiger partial charge in [0.15, 0.2) is 0 Å². The molecule has 0 aromatic carbocycles. The molecule has 1 unspecified atom stereocenters. The molecule has 0 spiro atoms. The molecule has 0 aliphatic carbocycles. The summed E-state index contributed by atoms with van der Waals surface area (Å²) in [6.45, 7) is 8.94. The zero-order chi connectivity index (χ0) is 11.3. The van der Waals surface area contributed by atoms with Gasteiger partial charge in [-0.15, -0.1) is 0 Å². The molecule has 0 aliphatic rings. The van der Waals surface area contributed by atoms with Crippen LogP contribution in [0, 0.1) is 5.92 Å². The van der Waals surface area contributed by atoms with Crippen molar-refractivity contribution in [2.75, 3.05) is 0 Å². The maximum atomic E-state index is 4.13. The molecule has 0 radical (unpaired) electrons. The highest BCUT2D eigenvalue weighted by atomic mass is 14.9. The monoisotopic (exact) mass is 206 g/mol. The lowest BCUT2D eigenvalue weighted by Gasteiger charge is -2.21. The zero-order valence-electron chi connectivity index (χ0n) is 10.2. The first-order chi connectivity index (χ1) is 7.09. The number of nitrogens with zero attached hydrogens (tertiary/aromatic N) is 1. The summed E-state index contributed by atoms with van der Waals surface area (Å²) in [5.41, 5.74) is 1.26. The van der Waals surface area contributed by atoms with Crippen LogP contribution in [-0.2, 0) is 0 Å². The Kier molecular flexibility index (Phi) is 4.76. The van der Waals surface area contributed by atoms with Crippen LogP contribution in [0.3, 0.4) is 0 Å². The van der Waals surface area contributed by atoms with Gasteiger partial charge in [-0.3, -0.25) is 4.98 Å². The highest BCUT2D eigenvalue weighted by Crippen LogP contribution is 2.13. The molecule has 0 aliphatic heterocycles. The number of nitrogens with one attached hydrogen (secondary N) is 1. The van der Waals surface area contributed by atoms with Crippen molar-refractivity contribution in [1.82, 2.24) is 10.3 Å². The number of aromatic nitrogens is 1. The molecule has 15 heavy (non-hydrogen) atoms. The molecule has 2 heteroatoms. The van der Waals surface area contributed by atoms with Gasteiger partial charge in [0.05, 0.1) is 0 Å². The minimum absolute atomic E-state index is 0.382. The van der Waals surface area contributed by atoms with Gasteiger partial charge in [0.1, 0.15) is 0 Å². The van der Waals surface area contributed by atoms with Gasteiger partial charge in [-0.05, 0) is 37.8 Å². The Morgan fingerprint density at radius 2 is 2.00 bits per heavy atom. The Morgan fingerprint density at radius 1 is 1.27 bits per heavy atom. The largest absolute Gasteiger partial charge is 0.308 e. The first kappa shape index (κ1) is 12.2. The average molecular weight is 206 g/mol. The van der Waals surface area contributed by atoms with Gasteiger partial charge in [0.25, 0.3) is 0 Å². The lowest BCUT2D eigenvalue weighted by Crippen LogP contribution is -2.30. The third-order valence-corrected chi connectivity index (χ3v) is 2.54. The van der Waals surface area contributed by atoms with Crippen molar-refractivity contribution in [1.29, 1.82) is 0 Å². The van der Waals surface area contributed by atoms with Crippen molar-refractivity contribution in [2.45, 2.75) is 46.2 Å². The van der Waals surface area contributed by atoms with Crippen LogP contribution in [0.15, 0.2) is 24.5 Å². The van der Waals surface area contributed by atoms with E-state index in [0.29, 0.717) is 12.1 Å². The van der Waals surface area contributed by atoms with Crippen LogP contribution < -0.4 is 5.32 Å². The summed E-state index contributed by atoms with van der Waals surface area (Å²) in [6, 6.07) is 5.04. The van der Waals surface area contributed by atoms with Gasteiger partial charge in [0, 0.05) is 24.5 Å². The summed E-state index contributed by atoms with van der Waals surface area (Å²) in [5.74, 6) is 0.744. The molecular weight excluding hydrogens is 184 g/mol. The van der Waals surface area contributed by atoms with E-state index in [-0.39, 0.29) is 0 Å². The maximum absolute atomic E-state index is 4.13. The predicted octanol–water partition coefficient (Wildman–Crippen LogP) is 3.17. The molecule has 2 nitrogen and oxygen atoms in total. The van der Waals surface area contributed by atoms with Crippen molar-refractivity contribution in [2.24, 2.45) is 5.92 Å². The standard InChI is InChI=1S/C13H22N2/c1-10(2)8-11(3)15-12(4)13-6-5-7-14-9-13/h5-7,9-12,15H,8H2,1-4H3/t11?,12-/m0/s1. The quantitative estimate of drug-likeness (QED) is 0.800. The Hall–Kier alpha value is -0.890. The smallest absolute Gasteiger partial charge is 0.0315 e. The molecule has 0 saturated carbocycles. The molecule has 0 amide bonds. The lowest BCUT2D eigenvalue weighted by molar-refractivity contribution is 0.406. The first-order valence-electron chi connectivity index (χ1n) is 5.75. The highest BCUT2D eigenvalue weighted by Gasteiger charge is 2.10. The molecule has 1 heterocycles. The number of hydrogen-bond donors (Lipinski definition) is 1. The van der Waals surface area contributed by atoms with E-state index in [4.69, 9.17) is 0 Å². The van der Waals surface area contributed by atoms with Gasteiger partial charge in [-0.1, -0.05) is 19.9 Å². The molecule has 0 saturated heterocycles. The van der Waals surface area contributed by atoms with E-state index in [1.165, 1.54) is 12.0 Å². The van der Waals surface area contributed by atoms with Crippen molar-refractivity contribution in [3.05, 3.63) is 30.1 Å². The summed E-state index contributed by atoms with van der Waals surface area (Å²) in [6.07, 6.45) is 4.96. The highest BCUT2D eigenvalue weighted by molar-refractivity contribution is 5.12. The van der Waals surface area contributed by atoms with Crippen LogP contribution in [0.4, 0.5) is 0 Å². The first-order valence-corrected chi connectivity index (χ1v) is 5.75. The topological polar surface area (TPSA) is 24.9 Å². The normalized spacial score (nSPS) is 15.3. The van der Waals surface area contributed by atoms with Gasteiger partial charge in [0.2, 0.25) is 0 Å². The maximum Gasteiger partial charge on any atom is 0.0315 e. The average Bonchev–Trinajstić information content (AvgIpc) is 2.17. The Bertz CT molecular complexity index is 269. The van der Waals surface area contributed by atoms with E-state index in [2.05, 4.69) is 44.1 Å². The fourth-order valence-electron chi connectivity index (χ4n) is 1.93. The van der Waals surface area contributed by atoms with E-state index in [1.807, 2.05) is 18.5 Å². The fraction of sp³-hybridized carbons (Fsp3) is 0.615. The van der Waals surface area contributed by atoms with E-state index in [9.17, 15) is 0 Å². The molecule has 0 fully saturated rings. The summed E-state index contributed by atoms with van der Waals surface area (Å²) < 4.78 is 0. The summed E-state index contributed by atoms with van der Waals surface area (Å²) >= 11 is 0. The van der Waals surface area contributed by atoms with Gasteiger partial charge in [-0.2, -0.15) is 0 Å². The Labute approximate surface area is 93.1 Å². The molecule has 84 valence electrons. The van der Waals surface area contributed by atoms with Gasteiger partial charge in [-0.25, -0.2) is 0 Å². The van der Waals surface area contributed by atoms with Crippen molar-refractivity contribution in [3.8, 4) is 0 Å². The van der Waals surface area contributed by atoms with Crippen LogP contribution in [0.25, 0.3) is 0 Å². The lowest BCUT2D eigenvalue weighted by atomic mass is 10.0. The molecule has 0 bridgehead atoms. The van der Waals surface area contributed by atoms with E-state index >= 15 is 0 Å². The molecule has 1 N–H and O–H groups in total. The van der Waals surface area contributed by atoms with Crippen molar-refractivity contribution >= 4 is 0 Å². The Morgan fingerprint density at radius 3 is 2.53 bits per heavy atom. The summed E-state index contributed by atoms with van der Waals surface area (Å²) in [7, 11) is 0. The van der Waals surface area contributed by atoms with Crippen LogP contribution in [0.1, 0.15) is 45.7 Å². The van der Waals surface area contributed by atoms with Crippen LogP contribution in [-0.4, -0.2) is 11.0 Å². The minimum atomic E-state index is 0.382. The molecule has 1 aromatic heterocycles. The van der Waals surface area contributed by atoms with E-state index in [0.717, 1.165) is 5.92 Å². The van der Waals surface area contributed by atoms with Gasteiger partial charge >= 0.3 is 0 Å². The second-order valence-electron chi connectivity index (χ2n) is 4.71. The number of hydrogen-bond acceptors (Lipinski definition) is 2. The fourth-order valence-corrected chi connectivity index (χ4v) is 1.93. The summed E-state index contributed by atoms with van der Waals surface area (Å²) in [4.78, 5) is 4.13. The SMILES string of the molecule is CC(C)CC(C)N[C@@H](C)c1cccnc1. The van der Waals surface area contributed by atoms with Crippen LogP contribution in [0.5, 0.6) is 0 Å². The number of pyridine rings is 1. The van der Waals surface area contributed by atoms with E-state index in [1.54, 1.807) is 0 Å². The predicted molar refractivity (Wildman–Crippen MR) is 64.7 cm³/mol. The molecule has 2 atom stereocenters. The number of rotatable bonds is 5. The third kappa shape index (κ3) is 4.43. The van der Waals surface area contributed by atoms with Gasteiger partial charge < -0.3 is 5.32 Å². The minimum Gasteiger partial charge on any atom is -0.308 e. The van der Waals surface area contributed by atoms with Crippen molar-refractivity contribution < 1.29 is 0 Å². The third-order valence-electron chi connectivity index (χ3n) is 2.54. The van der Waals surface area contributed by atoms with Crippen LogP contribution >= 0.6 is 0 Å². The van der Waals surface area contributed by atoms with Crippen molar-refractivity contribution in [3.63, 3.8) is 0 Å². The molecule has 1 rings (SSSR count). The molecule has 1 aromatic rings. The second kappa shape index (κ2) is 5.86. The Balaban J connectivity index is 2.45. The zero-order valence-corrected chi connectivity index (χ0v) is 10.2. The summed E-state index contributed by atoms with van der Waals surface area (Å²) in [5, 5.41) is 3.59. The van der Waals surface area contributed by atoms with Crippen LogP contribution in [0.2, 0.25) is 0 Å². The van der Waals surface area contributed by atoms with E-state index < -0.39 is 0 Å².